The Hall–Kier alpha value is -3.28. The van der Waals surface area contributed by atoms with Gasteiger partial charge in [-0.3, -0.25) is 14.9 Å². The summed E-state index contributed by atoms with van der Waals surface area (Å²) in [7, 11) is 0. The summed E-state index contributed by atoms with van der Waals surface area (Å²) in [6.07, 6.45) is 0.252. The minimum Gasteiger partial charge on any atom is -0.365 e. The number of hydrogen-bond donors (Lipinski definition) is 1. The molecule has 0 saturated carbocycles. The van der Waals surface area contributed by atoms with Gasteiger partial charge in [0.1, 0.15) is 11.3 Å². The van der Waals surface area contributed by atoms with Crippen LogP contribution < -0.4 is 5.73 Å². The van der Waals surface area contributed by atoms with E-state index in [1.165, 1.54) is 0 Å². The summed E-state index contributed by atoms with van der Waals surface area (Å²) >= 11 is 0. The van der Waals surface area contributed by atoms with Gasteiger partial charge in [0.15, 0.2) is 0 Å². The van der Waals surface area contributed by atoms with Gasteiger partial charge in [-0.25, -0.2) is 4.98 Å². The van der Waals surface area contributed by atoms with Gasteiger partial charge in [-0.2, -0.15) is 0 Å². The normalized spacial score (nSPS) is 10.6. The molecule has 114 valence electrons. The number of carbonyl (C=O) groups excluding carboxylic acids is 1. The van der Waals surface area contributed by atoms with Crippen molar-refractivity contribution in [1.82, 2.24) is 4.98 Å². The number of nitrogens with two attached hydrogens (primary N) is 1. The zero-order valence-corrected chi connectivity index (χ0v) is 12.1. The molecule has 1 heterocycles. The molecule has 3 aromatic rings. The van der Waals surface area contributed by atoms with Crippen molar-refractivity contribution in [3.63, 3.8) is 0 Å². The topological polar surface area (TPSA) is 99.1 Å². The zero-order valence-electron chi connectivity index (χ0n) is 12.1. The standard InChI is InChI=1S/C17H13N3O3/c18-17(21)15-12-8-4-5-9-13(12)19-14(16(15)20(22)23)10-11-6-2-1-3-7-11/h1-9H,10H2,(H2,18,21). The lowest BCUT2D eigenvalue weighted by atomic mass is 10.0. The van der Waals surface area contributed by atoms with Crippen LogP contribution >= 0.6 is 0 Å². The van der Waals surface area contributed by atoms with Crippen LogP contribution in [0.15, 0.2) is 54.6 Å². The SMILES string of the molecule is NC(=O)c1c([N+](=O)[O-])c(Cc2ccccc2)nc2ccccc12. The Morgan fingerprint density at radius 1 is 1.09 bits per heavy atom. The Labute approximate surface area is 131 Å². The van der Waals surface area contributed by atoms with Crippen LogP contribution in [0.25, 0.3) is 10.9 Å². The van der Waals surface area contributed by atoms with E-state index in [9.17, 15) is 14.9 Å². The molecular formula is C17H13N3O3. The number of aromatic nitrogens is 1. The molecule has 0 fully saturated rings. The quantitative estimate of drug-likeness (QED) is 0.591. The molecule has 0 atom stereocenters. The Morgan fingerprint density at radius 3 is 2.39 bits per heavy atom. The van der Waals surface area contributed by atoms with E-state index in [1.807, 2.05) is 30.3 Å². The molecule has 0 unspecified atom stereocenters. The fraction of sp³-hybridized carbons (Fsp3) is 0.0588. The summed E-state index contributed by atoms with van der Waals surface area (Å²) in [5, 5.41) is 11.9. The highest BCUT2D eigenvalue weighted by Gasteiger charge is 2.27. The summed E-state index contributed by atoms with van der Waals surface area (Å²) in [5.41, 5.74) is 6.61. The molecule has 3 rings (SSSR count). The third-order valence-corrected chi connectivity index (χ3v) is 3.58. The van der Waals surface area contributed by atoms with Crippen LogP contribution in [-0.4, -0.2) is 15.8 Å². The van der Waals surface area contributed by atoms with E-state index < -0.39 is 10.8 Å². The van der Waals surface area contributed by atoms with Crippen LogP contribution in [0, 0.1) is 10.1 Å². The molecule has 0 radical (unpaired) electrons. The van der Waals surface area contributed by atoms with Gasteiger partial charge in [-0.05, 0) is 11.6 Å². The second kappa shape index (κ2) is 5.84. The summed E-state index contributed by atoms with van der Waals surface area (Å²) in [6.45, 7) is 0. The Morgan fingerprint density at radius 2 is 1.74 bits per heavy atom. The summed E-state index contributed by atoms with van der Waals surface area (Å²) in [6, 6.07) is 16.0. The first-order valence-corrected chi connectivity index (χ1v) is 6.97. The maximum absolute atomic E-state index is 11.8. The number of fused-ring (bicyclic) bond motifs is 1. The molecule has 0 aliphatic carbocycles. The number of rotatable bonds is 4. The molecule has 0 aliphatic rings. The first-order chi connectivity index (χ1) is 11.1. The molecule has 0 aliphatic heterocycles. The van der Waals surface area contributed by atoms with Crippen molar-refractivity contribution in [2.45, 2.75) is 6.42 Å². The van der Waals surface area contributed by atoms with Crippen molar-refractivity contribution in [2.75, 3.05) is 0 Å². The zero-order chi connectivity index (χ0) is 16.4. The van der Waals surface area contributed by atoms with Crippen molar-refractivity contribution >= 4 is 22.5 Å². The van der Waals surface area contributed by atoms with E-state index in [4.69, 9.17) is 5.73 Å². The van der Waals surface area contributed by atoms with Gasteiger partial charge >= 0.3 is 5.69 Å². The van der Waals surface area contributed by atoms with E-state index in [0.29, 0.717) is 10.9 Å². The van der Waals surface area contributed by atoms with E-state index in [-0.39, 0.29) is 23.4 Å². The number of amides is 1. The highest BCUT2D eigenvalue weighted by molar-refractivity contribution is 6.09. The maximum atomic E-state index is 11.8. The third-order valence-electron chi connectivity index (χ3n) is 3.58. The average Bonchev–Trinajstić information content (AvgIpc) is 2.54. The van der Waals surface area contributed by atoms with Gasteiger partial charge in [0, 0.05) is 11.8 Å². The van der Waals surface area contributed by atoms with Crippen molar-refractivity contribution in [3.05, 3.63) is 81.5 Å². The molecule has 1 aromatic heterocycles. The Kier molecular flexibility index (Phi) is 3.72. The summed E-state index contributed by atoms with van der Waals surface area (Å²) in [4.78, 5) is 27.2. The third kappa shape index (κ3) is 2.74. The highest BCUT2D eigenvalue weighted by atomic mass is 16.6. The van der Waals surface area contributed by atoms with E-state index in [0.717, 1.165) is 5.56 Å². The fourth-order valence-corrected chi connectivity index (χ4v) is 2.61. The molecule has 0 saturated heterocycles. The largest absolute Gasteiger partial charge is 0.365 e. The van der Waals surface area contributed by atoms with Crippen LogP contribution in [-0.2, 0) is 6.42 Å². The average molecular weight is 307 g/mol. The smallest absolute Gasteiger partial charge is 0.304 e. The lowest BCUT2D eigenvalue weighted by Crippen LogP contribution is -2.16. The maximum Gasteiger partial charge on any atom is 0.304 e. The fourth-order valence-electron chi connectivity index (χ4n) is 2.61. The van der Waals surface area contributed by atoms with Gasteiger partial charge < -0.3 is 5.73 Å². The number of primary amides is 1. The lowest BCUT2D eigenvalue weighted by molar-refractivity contribution is -0.386. The van der Waals surface area contributed by atoms with Gasteiger partial charge in [0.05, 0.1) is 10.4 Å². The molecule has 23 heavy (non-hydrogen) atoms. The predicted octanol–water partition coefficient (Wildman–Crippen LogP) is 2.83. The van der Waals surface area contributed by atoms with Crippen molar-refractivity contribution < 1.29 is 9.72 Å². The predicted molar refractivity (Wildman–Crippen MR) is 86.2 cm³/mol. The van der Waals surface area contributed by atoms with Crippen LogP contribution in [0.4, 0.5) is 5.69 Å². The van der Waals surface area contributed by atoms with Crippen LogP contribution in [0.2, 0.25) is 0 Å². The van der Waals surface area contributed by atoms with E-state index >= 15 is 0 Å². The molecular weight excluding hydrogens is 294 g/mol. The monoisotopic (exact) mass is 307 g/mol. The van der Waals surface area contributed by atoms with Crippen molar-refractivity contribution in [1.29, 1.82) is 0 Å². The van der Waals surface area contributed by atoms with Gasteiger partial charge in [0.2, 0.25) is 0 Å². The molecule has 2 N–H and O–H groups in total. The van der Waals surface area contributed by atoms with Crippen LogP contribution in [0.3, 0.4) is 0 Å². The van der Waals surface area contributed by atoms with Crippen molar-refractivity contribution in [2.24, 2.45) is 5.73 Å². The first kappa shape index (κ1) is 14.6. The van der Waals surface area contributed by atoms with Crippen molar-refractivity contribution in [3.8, 4) is 0 Å². The molecule has 1 amide bonds. The number of nitro groups is 1. The van der Waals surface area contributed by atoms with Gasteiger partial charge in [-0.1, -0.05) is 48.5 Å². The number of para-hydroxylation sites is 1. The van der Waals surface area contributed by atoms with Crippen LogP contribution in [0.5, 0.6) is 0 Å². The molecule has 6 heteroatoms. The summed E-state index contributed by atoms with van der Waals surface area (Å²) in [5.74, 6) is -0.829. The highest BCUT2D eigenvalue weighted by Crippen LogP contribution is 2.30. The number of benzene rings is 2. The number of carbonyl (C=O) groups is 1. The van der Waals surface area contributed by atoms with Gasteiger partial charge in [-0.15, -0.1) is 0 Å². The molecule has 6 nitrogen and oxygen atoms in total. The number of nitrogens with zero attached hydrogens (tertiary/aromatic N) is 2. The molecule has 2 aromatic carbocycles. The lowest BCUT2D eigenvalue weighted by Gasteiger charge is -2.09. The second-order valence-electron chi connectivity index (χ2n) is 5.08. The Balaban J connectivity index is 2.30. The van der Waals surface area contributed by atoms with Crippen LogP contribution in [0.1, 0.15) is 21.6 Å². The summed E-state index contributed by atoms with van der Waals surface area (Å²) < 4.78 is 0. The van der Waals surface area contributed by atoms with E-state index in [1.54, 1.807) is 24.3 Å². The number of hydrogen-bond acceptors (Lipinski definition) is 4. The minimum atomic E-state index is -0.829. The molecule has 0 spiro atoms. The number of pyridine rings is 1. The molecule has 0 bridgehead atoms. The van der Waals surface area contributed by atoms with Gasteiger partial charge in [0.25, 0.3) is 5.91 Å². The van der Waals surface area contributed by atoms with E-state index in [2.05, 4.69) is 4.98 Å². The second-order valence-corrected chi connectivity index (χ2v) is 5.08. The Bertz CT molecular complexity index is 908. The first-order valence-electron chi connectivity index (χ1n) is 6.97. The minimum absolute atomic E-state index is 0.0912.